The third kappa shape index (κ3) is 2.42. The van der Waals surface area contributed by atoms with E-state index >= 15 is 0 Å². The van der Waals surface area contributed by atoms with E-state index in [4.69, 9.17) is 0 Å². The summed E-state index contributed by atoms with van der Waals surface area (Å²) < 4.78 is 0. The van der Waals surface area contributed by atoms with Crippen molar-refractivity contribution in [2.24, 2.45) is 0 Å². The number of rotatable bonds is 1. The van der Waals surface area contributed by atoms with E-state index in [9.17, 15) is 5.11 Å². The van der Waals surface area contributed by atoms with Crippen molar-refractivity contribution in [1.82, 2.24) is 4.98 Å². The van der Waals surface area contributed by atoms with Crippen LogP contribution in [0.3, 0.4) is 0 Å². The average Bonchev–Trinajstić information content (AvgIpc) is 2.20. The van der Waals surface area contributed by atoms with Crippen LogP contribution in [-0.2, 0) is 19.5 Å². The topological polar surface area (TPSA) is 33.1 Å². The van der Waals surface area contributed by atoms with Crippen LogP contribution in [0, 0.1) is 6.92 Å². The molecule has 1 aromatic carbocycles. The van der Waals surface area contributed by atoms with E-state index in [-0.39, 0.29) is 25.2 Å². The van der Waals surface area contributed by atoms with Crippen LogP contribution >= 0.6 is 0 Å². The van der Waals surface area contributed by atoms with E-state index in [0.29, 0.717) is 0 Å². The molecule has 0 saturated carbocycles. The Kier molecular flexibility index (Phi) is 3.99. The molecule has 2 aromatic rings. The molecule has 0 aliphatic heterocycles. The Morgan fingerprint density at radius 1 is 1.07 bits per heavy atom. The minimum Gasteiger partial charge on any atom is -0.507 e. The smallest absolute Gasteiger partial charge is 0.124 e. The van der Waals surface area contributed by atoms with Crippen molar-refractivity contribution >= 4 is 0 Å². The molecule has 0 saturated heterocycles. The van der Waals surface area contributed by atoms with Gasteiger partial charge in [-0.05, 0) is 30.7 Å². The molecule has 0 atom stereocenters. The van der Waals surface area contributed by atoms with Crippen molar-refractivity contribution in [2.75, 3.05) is 0 Å². The fourth-order valence-electron chi connectivity index (χ4n) is 1.44. The standard InChI is InChI=1S/C12H11NO.Zn/c1-9-5-4-8-13-12(9)10-6-2-3-7-11(10)14;/h2-8,14H,1H3;. The van der Waals surface area contributed by atoms with Gasteiger partial charge >= 0.3 is 0 Å². The normalized spacial score (nSPS) is 9.40. The number of nitrogens with zero attached hydrogens (tertiary/aromatic N) is 1. The molecule has 0 aliphatic rings. The van der Waals surface area contributed by atoms with Gasteiger partial charge in [-0.1, -0.05) is 18.2 Å². The van der Waals surface area contributed by atoms with Crippen LogP contribution in [-0.4, -0.2) is 10.1 Å². The first-order valence-corrected chi connectivity index (χ1v) is 4.49. The maximum Gasteiger partial charge on any atom is 0.124 e. The Labute approximate surface area is 102 Å². The minimum absolute atomic E-state index is 0. The summed E-state index contributed by atoms with van der Waals surface area (Å²) in [6.07, 6.45) is 1.73. The maximum absolute atomic E-state index is 9.65. The zero-order valence-electron chi connectivity index (χ0n) is 8.64. The van der Waals surface area contributed by atoms with Crippen LogP contribution in [0.4, 0.5) is 0 Å². The van der Waals surface area contributed by atoms with Gasteiger partial charge in [-0.25, -0.2) is 0 Å². The second-order valence-electron chi connectivity index (χ2n) is 3.19. The number of hydrogen-bond donors (Lipinski definition) is 1. The summed E-state index contributed by atoms with van der Waals surface area (Å²) in [5, 5.41) is 9.65. The third-order valence-electron chi connectivity index (χ3n) is 2.17. The summed E-state index contributed by atoms with van der Waals surface area (Å²) in [5.74, 6) is 0.273. The van der Waals surface area contributed by atoms with Gasteiger partial charge in [0.05, 0.1) is 5.69 Å². The molecule has 1 N–H and O–H groups in total. The zero-order valence-corrected chi connectivity index (χ0v) is 11.6. The Morgan fingerprint density at radius 2 is 1.80 bits per heavy atom. The predicted molar refractivity (Wildman–Crippen MR) is 56.1 cm³/mol. The average molecular weight is 251 g/mol. The molecule has 0 bridgehead atoms. The SMILES string of the molecule is Cc1cccnc1-c1ccccc1O.[Zn]. The number of phenols is 1. The molecule has 1 heterocycles. The molecule has 0 spiro atoms. The molecule has 72 valence electrons. The van der Waals surface area contributed by atoms with Crippen molar-refractivity contribution in [1.29, 1.82) is 0 Å². The summed E-state index contributed by atoms with van der Waals surface area (Å²) in [7, 11) is 0. The van der Waals surface area contributed by atoms with Gasteiger partial charge in [-0.3, -0.25) is 4.98 Å². The summed E-state index contributed by atoms with van der Waals surface area (Å²) in [6, 6.07) is 11.1. The summed E-state index contributed by atoms with van der Waals surface area (Å²) in [6.45, 7) is 1.98. The largest absolute Gasteiger partial charge is 0.507 e. The summed E-state index contributed by atoms with van der Waals surface area (Å²) in [4.78, 5) is 4.25. The number of aromatic hydroxyl groups is 1. The van der Waals surface area contributed by atoms with E-state index in [1.165, 1.54) is 0 Å². The Balaban J connectivity index is 0.00000112. The van der Waals surface area contributed by atoms with E-state index in [1.807, 2.05) is 31.2 Å². The third-order valence-corrected chi connectivity index (χ3v) is 2.17. The number of aryl methyl sites for hydroxylation is 1. The first kappa shape index (κ1) is 11.9. The van der Waals surface area contributed by atoms with Crippen LogP contribution in [0.2, 0.25) is 0 Å². The van der Waals surface area contributed by atoms with E-state index in [1.54, 1.807) is 18.3 Å². The van der Waals surface area contributed by atoms with Crippen LogP contribution in [0.25, 0.3) is 11.3 Å². The molecule has 3 heteroatoms. The molecular formula is C12H11NOZn. The Bertz CT molecular complexity index is 413. The summed E-state index contributed by atoms with van der Waals surface area (Å²) >= 11 is 0. The Hall–Kier alpha value is -1.21. The second-order valence-corrected chi connectivity index (χ2v) is 3.19. The molecule has 15 heavy (non-hydrogen) atoms. The van der Waals surface area contributed by atoms with E-state index in [0.717, 1.165) is 16.8 Å². The van der Waals surface area contributed by atoms with E-state index < -0.39 is 0 Å². The predicted octanol–water partition coefficient (Wildman–Crippen LogP) is 2.76. The van der Waals surface area contributed by atoms with Gasteiger partial charge in [0.25, 0.3) is 0 Å². The number of hydrogen-bond acceptors (Lipinski definition) is 2. The minimum atomic E-state index is 0. The number of benzene rings is 1. The molecule has 2 rings (SSSR count). The van der Waals surface area contributed by atoms with Gasteiger partial charge in [0.2, 0.25) is 0 Å². The molecule has 0 fully saturated rings. The number of phenolic OH excluding ortho intramolecular Hbond substituents is 1. The first-order chi connectivity index (χ1) is 6.79. The molecule has 0 radical (unpaired) electrons. The fraction of sp³-hybridized carbons (Fsp3) is 0.0833. The van der Waals surface area contributed by atoms with Crippen LogP contribution in [0.1, 0.15) is 5.56 Å². The zero-order chi connectivity index (χ0) is 9.97. The van der Waals surface area contributed by atoms with Gasteiger partial charge in [0, 0.05) is 31.2 Å². The maximum atomic E-state index is 9.65. The van der Waals surface area contributed by atoms with Crippen molar-refractivity contribution in [3.8, 4) is 17.0 Å². The number of aromatic nitrogens is 1. The molecule has 1 aromatic heterocycles. The molecular weight excluding hydrogens is 240 g/mol. The number of pyridine rings is 1. The molecule has 2 nitrogen and oxygen atoms in total. The molecule has 0 unspecified atom stereocenters. The quantitative estimate of drug-likeness (QED) is 0.790. The van der Waals surface area contributed by atoms with Crippen LogP contribution in [0.15, 0.2) is 42.6 Å². The van der Waals surface area contributed by atoms with Gasteiger partial charge in [0.1, 0.15) is 5.75 Å². The fourth-order valence-corrected chi connectivity index (χ4v) is 1.44. The van der Waals surface area contributed by atoms with Crippen molar-refractivity contribution in [3.05, 3.63) is 48.2 Å². The molecule has 0 aliphatic carbocycles. The second kappa shape index (κ2) is 5.04. The monoisotopic (exact) mass is 249 g/mol. The van der Waals surface area contributed by atoms with Crippen molar-refractivity contribution < 1.29 is 24.6 Å². The van der Waals surface area contributed by atoms with Crippen molar-refractivity contribution in [3.63, 3.8) is 0 Å². The number of para-hydroxylation sites is 1. The summed E-state index contributed by atoms with van der Waals surface area (Å²) in [5.41, 5.74) is 2.69. The Morgan fingerprint density at radius 3 is 2.47 bits per heavy atom. The van der Waals surface area contributed by atoms with Crippen LogP contribution in [0.5, 0.6) is 5.75 Å². The van der Waals surface area contributed by atoms with Crippen molar-refractivity contribution in [2.45, 2.75) is 6.92 Å². The van der Waals surface area contributed by atoms with Crippen LogP contribution < -0.4 is 0 Å². The van der Waals surface area contributed by atoms with Gasteiger partial charge in [-0.2, -0.15) is 0 Å². The van der Waals surface area contributed by atoms with Gasteiger partial charge < -0.3 is 5.11 Å². The van der Waals surface area contributed by atoms with E-state index in [2.05, 4.69) is 4.98 Å². The first-order valence-electron chi connectivity index (χ1n) is 4.49. The van der Waals surface area contributed by atoms with Gasteiger partial charge in [0.15, 0.2) is 0 Å². The molecule has 0 amide bonds. The van der Waals surface area contributed by atoms with Gasteiger partial charge in [-0.15, -0.1) is 0 Å².